The van der Waals surface area contributed by atoms with Gasteiger partial charge in [-0.2, -0.15) is 8.78 Å². The molecule has 0 aliphatic carbocycles. The molecule has 1 aromatic rings. The van der Waals surface area contributed by atoms with Gasteiger partial charge in [-0.25, -0.2) is 0 Å². The van der Waals surface area contributed by atoms with Gasteiger partial charge in [0.15, 0.2) is 0 Å². The molecule has 0 aromatic heterocycles. The summed E-state index contributed by atoms with van der Waals surface area (Å²) in [5.41, 5.74) is 0.965. The van der Waals surface area contributed by atoms with Crippen LogP contribution in [0.1, 0.15) is 51.6 Å². The lowest BCUT2D eigenvalue weighted by molar-refractivity contribution is -0.0499. The quantitative estimate of drug-likeness (QED) is 0.660. The van der Waals surface area contributed by atoms with Crippen LogP contribution < -0.4 is 10.1 Å². The van der Waals surface area contributed by atoms with Gasteiger partial charge in [0.2, 0.25) is 0 Å². The number of ether oxygens (including phenoxy) is 1. The first-order valence-corrected chi connectivity index (χ1v) is 7.27. The van der Waals surface area contributed by atoms with E-state index in [-0.39, 0.29) is 11.8 Å². The van der Waals surface area contributed by atoms with E-state index in [9.17, 15) is 8.78 Å². The van der Waals surface area contributed by atoms with Crippen LogP contribution in [-0.4, -0.2) is 13.2 Å². The normalized spacial score (nSPS) is 12.9. The largest absolute Gasteiger partial charge is 0.435 e. The van der Waals surface area contributed by atoms with Crippen molar-refractivity contribution in [1.29, 1.82) is 0 Å². The molecule has 0 radical (unpaired) electrons. The monoisotopic (exact) mass is 285 g/mol. The van der Waals surface area contributed by atoms with Crippen LogP contribution in [0.4, 0.5) is 8.78 Å². The van der Waals surface area contributed by atoms with Crippen LogP contribution in [0.3, 0.4) is 0 Å². The molecule has 0 saturated heterocycles. The van der Waals surface area contributed by atoms with Gasteiger partial charge in [0.05, 0.1) is 0 Å². The smallest absolute Gasteiger partial charge is 0.387 e. The summed E-state index contributed by atoms with van der Waals surface area (Å²) >= 11 is 0. The Morgan fingerprint density at radius 1 is 1.15 bits per heavy atom. The fourth-order valence-corrected chi connectivity index (χ4v) is 2.07. The van der Waals surface area contributed by atoms with Crippen LogP contribution in [-0.2, 0) is 0 Å². The van der Waals surface area contributed by atoms with Crippen molar-refractivity contribution >= 4 is 0 Å². The first-order valence-electron chi connectivity index (χ1n) is 7.27. The topological polar surface area (TPSA) is 21.3 Å². The third-order valence-corrected chi connectivity index (χ3v) is 3.24. The summed E-state index contributed by atoms with van der Waals surface area (Å²) in [4.78, 5) is 0. The third kappa shape index (κ3) is 6.85. The van der Waals surface area contributed by atoms with Crippen molar-refractivity contribution in [3.05, 3.63) is 29.8 Å². The van der Waals surface area contributed by atoms with E-state index in [0.717, 1.165) is 24.4 Å². The molecule has 0 aliphatic heterocycles. The van der Waals surface area contributed by atoms with E-state index in [2.05, 4.69) is 23.9 Å². The SMILES string of the molecule is CC(C)CCCCNC(C)c1cccc(OC(F)F)c1. The zero-order valence-electron chi connectivity index (χ0n) is 12.5. The summed E-state index contributed by atoms with van der Waals surface area (Å²) in [6.45, 7) is 4.65. The number of nitrogens with one attached hydrogen (secondary N) is 1. The maximum Gasteiger partial charge on any atom is 0.387 e. The summed E-state index contributed by atoms with van der Waals surface area (Å²) in [6, 6.07) is 7.01. The molecule has 4 heteroatoms. The van der Waals surface area contributed by atoms with Crippen LogP contribution in [0.2, 0.25) is 0 Å². The molecule has 0 spiro atoms. The van der Waals surface area contributed by atoms with Crippen molar-refractivity contribution in [3.8, 4) is 5.75 Å². The number of rotatable bonds is 9. The van der Waals surface area contributed by atoms with Crippen molar-refractivity contribution in [2.45, 2.75) is 52.7 Å². The van der Waals surface area contributed by atoms with Gasteiger partial charge in [-0.1, -0.05) is 38.8 Å². The van der Waals surface area contributed by atoms with Crippen molar-refractivity contribution < 1.29 is 13.5 Å². The molecule has 0 saturated carbocycles. The molecule has 20 heavy (non-hydrogen) atoms. The van der Waals surface area contributed by atoms with Gasteiger partial charge in [-0.3, -0.25) is 0 Å². The molecule has 0 amide bonds. The fourth-order valence-electron chi connectivity index (χ4n) is 2.07. The lowest BCUT2D eigenvalue weighted by atomic mass is 10.1. The maximum absolute atomic E-state index is 12.2. The zero-order valence-corrected chi connectivity index (χ0v) is 12.5. The number of unbranched alkanes of at least 4 members (excludes halogenated alkanes) is 1. The van der Waals surface area contributed by atoms with Gasteiger partial charge in [0.1, 0.15) is 5.75 Å². The van der Waals surface area contributed by atoms with E-state index in [0.29, 0.717) is 0 Å². The van der Waals surface area contributed by atoms with Crippen LogP contribution in [0.25, 0.3) is 0 Å². The Morgan fingerprint density at radius 3 is 2.55 bits per heavy atom. The molecule has 2 nitrogen and oxygen atoms in total. The molecule has 1 unspecified atom stereocenters. The first kappa shape index (κ1) is 16.9. The molecule has 1 atom stereocenters. The molecule has 114 valence electrons. The van der Waals surface area contributed by atoms with Crippen molar-refractivity contribution in [2.75, 3.05) is 6.54 Å². The van der Waals surface area contributed by atoms with Crippen molar-refractivity contribution in [3.63, 3.8) is 0 Å². The third-order valence-electron chi connectivity index (χ3n) is 3.24. The molecule has 0 heterocycles. The Hall–Kier alpha value is -1.16. The van der Waals surface area contributed by atoms with E-state index in [4.69, 9.17) is 0 Å². The summed E-state index contributed by atoms with van der Waals surface area (Å²) in [7, 11) is 0. The van der Waals surface area contributed by atoms with E-state index in [1.807, 2.05) is 13.0 Å². The molecule has 0 bridgehead atoms. The Bertz CT molecular complexity index is 382. The number of benzene rings is 1. The molecule has 0 fully saturated rings. The minimum Gasteiger partial charge on any atom is -0.435 e. The average molecular weight is 285 g/mol. The summed E-state index contributed by atoms with van der Waals surface area (Å²) < 4.78 is 28.7. The summed E-state index contributed by atoms with van der Waals surface area (Å²) in [5.74, 6) is 0.960. The predicted molar refractivity (Wildman–Crippen MR) is 78.2 cm³/mol. The van der Waals surface area contributed by atoms with Crippen LogP contribution >= 0.6 is 0 Å². The predicted octanol–water partition coefficient (Wildman–Crippen LogP) is 4.76. The zero-order chi connectivity index (χ0) is 15.0. The lowest BCUT2D eigenvalue weighted by Crippen LogP contribution is -2.20. The molecule has 1 N–H and O–H groups in total. The van der Waals surface area contributed by atoms with E-state index >= 15 is 0 Å². The first-order chi connectivity index (χ1) is 9.49. The highest BCUT2D eigenvalue weighted by Gasteiger charge is 2.08. The highest BCUT2D eigenvalue weighted by molar-refractivity contribution is 5.30. The Kier molecular flexibility index (Phi) is 7.52. The summed E-state index contributed by atoms with van der Waals surface area (Å²) in [5, 5.41) is 3.41. The highest BCUT2D eigenvalue weighted by atomic mass is 19.3. The number of hydrogen-bond donors (Lipinski definition) is 1. The van der Waals surface area contributed by atoms with Crippen LogP contribution in [0.5, 0.6) is 5.75 Å². The van der Waals surface area contributed by atoms with Crippen molar-refractivity contribution in [2.24, 2.45) is 5.92 Å². The molecule has 1 aromatic carbocycles. The van der Waals surface area contributed by atoms with E-state index in [1.165, 1.54) is 12.8 Å². The maximum atomic E-state index is 12.2. The molecule has 1 rings (SSSR count). The van der Waals surface area contributed by atoms with Gasteiger partial charge in [-0.15, -0.1) is 0 Å². The van der Waals surface area contributed by atoms with E-state index in [1.54, 1.807) is 18.2 Å². The van der Waals surface area contributed by atoms with Crippen molar-refractivity contribution in [1.82, 2.24) is 5.32 Å². The summed E-state index contributed by atoms with van der Waals surface area (Å²) in [6.07, 6.45) is 3.59. The lowest BCUT2D eigenvalue weighted by Gasteiger charge is -2.15. The minimum atomic E-state index is -2.77. The molecular weight excluding hydrogens is 260 g/mol. The van der Waals surface area contributed by atoms with Crippen LogP contribution in [0, 0.1) is 5.92 Å². The second kappa shape index (κ2) is 8.90. The Morgan fingerprint density at radius 2 is 1.90 bits per heavy atom. The van der Waals surface area contributed by atoms with E-state index < -0.39 is 6.61 Å². The van der Waals surface area contributed by atoms with Gasteiger partial charge in [0.25, 0.3) is 0 Å². The second-order valence-electron chi connectivity index (χ2n) is 5.52. The van der Waals surface area contributed by atoms with Crippen LogP contribution in [0.15, 0.2) is 24.3 Å². The average Bonchev–Trinajstić information content (AvgIpc) is 2.37. The fraction of sp³-hybridized carbons (Fsp3) is 0.625. The molecular formula is C16H25F2NO. The van der Waals surface area contributed by atoms with Gasteiger partial charge < -0.3 is 10.1 Å². The van der Waals surface area contributed by atoms with Gasteiger partial charge >= 0.3 is 6.61 Å². The standard InChI is InChI=1S/C16H25F2NO/c1-12(2)7-4-5-10-19-13(3)14-8-6-9-15(11-14)20-16(17)18/h6,8-9,11-13,16,19H,4-5,7,10H2,1-3H3. The number of alkyl halides is 2. The number of hydrogen-bond acceptors (Lipinski definition) is 2. The Balaban J connectivity index is 2.37. The second-order valence-corrected chi connectivity index (χ2v) is 5.52. The Labute approximate surface area is 120 Å². The minimum absolute atomic E-state index is 0.135. The number of halogens is 2. The van der Waals surface area contributed by atoms with Gasteiger partial charge in [0, 0.05) is 6.04 Å². The highest BCUT2D eigenvalue weighted by Crippen LogP contribution is 2.20. The van der Waals surface area contributed by atoms with Gasteiger partial charge in [-0.05, 0) is 43.5 Å². The molecule has 0 aliphatic rings.